The molecule has 0 bridgehead atoms. The molecule has 0 amide bonds. The van der Waals surface area contributed by atoms with Gasteiger partial charge in [-0.3, -0.25) is 4.55 Å². The van der Waals surface area contributed by atoms with Gasteiger partial charge in [-0.25, -0.2) is 13.4 Å². The summed E-state index contributed by atoms with van der Waals surface area (Å²) in [6.45, 7) is 0. The summed E-state index contributed by atoms with van der Waals surface area (Å²) in [5.74, 6) is 0.428. The van der Waals surface area contributed by atoms with E-state index >= 15 is 0 Å². The minimum atomic E-state index is -5.03. The summed E-state index contributed by atoms with van der Waals surface area (Å²) in [6, 6.07) is 34.7. The van der Waals surface area contributed by atoms with Gasteiger partial charge in [0.1, 0.15) is 31.8 Å². The molecule has 8 rings (SSSR count). The van der Waals surface area contributed by atoms with E-state index in [9.17, 15) is 25.9 Å². The van der Waals surface area contributed by atoms with Crippen LogP contribution in [0.4, 0.5) is 22.7 Å². The van der Waals surface area contributed by atoms with Crippen molar-refractivity contribution in [2.45, 2.75) is 47.9 Å². The highest BCUT2D eigenvalue weighted by Gasteiger charge is 2.28. The number of ether oxygens (including phenoxy) is 1. The quantitative estimate of drug-likeness (QED) is 0.0512. The molecular formula is C41H39N5O7S2. The van der Waals surface area contributed by atoms with Crippen molar-refractivity contribution < 1.29 is 35.2 Å². The molecule has 1 saturated carbocycles. The Balaban J connectivity index is 0.000000599. The zero-order valence-electron chi connectivity index (χ0n) is 29.8. The number of nitrogens with zero attached hydrogens (tertiary/aromatic N) is 2. The molecule has 7 aromatic rings. The van der Waals surface area contributed by atoms with E-state index < -0.39 is 25.1 Å². The summed E-state index contributed by atoms with van der Waals surface area (Å²) in [7, 11) is -8.25. The van der Waals surface area contributed by atoms with Gasteiger partial charge in [-0.2, -0.15) is 8.42 Å². The summed E-state index contributed by atoms with van der Waals surface area (Å²) in [6.07, 6.45) is 6.66. The molecule has 0 aliphatic heterocycles. The number of nitrogens with two attached hydrogens (primary N) is 1. The Hall–Kier alpha value is -5.64. The average molecular weight is 778 g/mol. The highest BCUT2D eigenvalue weighted by atomic mass is 32.2. The lowest BCUT2D eigenvalue weighted by Gasteiger charge is -2.18. The van der Waals surface area contributed by atoms with Crippen LogP contribution in [0.15, 0.2) is 131 Å². The van der Waals surface area contributed by atoms with Crippen molar-refractivity contribution in [1.29, 1.82) is 0 Å². The predicted molar refractivity (Wildman–Crippen MR) is 213 cm³/mol. The third-order valence-corrected chi connectivity index (χ3v) is 11.3. The molecule has 282 valence electrons. The maximum absolute atomic E-state index is 12.7. The van der Waals surface area contributed by atoms with E-state index in [0.717, 1.165) is 0 Å². The van der Waals surface area contributed by atoms with Crippen LogP contribution >= 0.6 is 0 Å². The molecule has 0 atom stereocenters. The number of aromatic nitrogens is 2. The van der Waals surface area contributed by atoms with Crippen LogP contribution in [0, 0.1) is 0 Å². The second-order valence-corrected chi connectivity index (χ2v) is 16.0. The van der Waals surface area contributed by atoms with Crippen LogP contribution in [0.1, 0.15) is 32.1 Å². The Morgan fingerprint density at radius 2 is 1.40 bits per heavy atom. The smallest absolute Gasteiger partial charge is 0.295 e. The SMILES string of the molecule is COc1ccccc1Nc1cc2c(cc1S(=O)(=O)[O-])nc1c3cccc(S(=O)(=O)O)c3c(Nc3ccccc3)cc1[n+]2-c1ccccc1.NC1CCCCC1. The molecule has 0 unspecified atom stereocenters. The van der Waals surface area contributed by atoms with Gasteiger partial charge in [0.2, 0.25) is 16.7 Å². The fraction of sp³-hybridized carbons (Fsp3) is 0.171. The first-order valence-corrected chi connectivity index (χ1v) is 20.5. The normalized spacial score (nSPS) is 13.7. The minimum Gasteiger partial charge on any atom is -0.744 e. The fourth-order valence-electron chi connectivity index (χ4n) is 6.96. The largest absolute Gasteiger partial charge is 0.744 e. The number of hydrogen-bond acceptors (Lipinski definition) is 10. The summed E-state index contributed by atoms with van der Waals surface area (Å²) in [5.41, 5.74) is 9.18. The highest BCUT2D eigenvalue weighted by molar-refractivity contribution is 7.86. The number of para-hydroxylation sites is 4. The molecule has 0 saturated heterocycles. The van der Waals surface area contributed by atoms with Crippen LogP contribution < -0.4 is 25.7 Å². The van der Waals surface area contributed by atoms with Gasteiger partial charge in [-0.1, -0.05) is 79.9 Å². The maximum Gasteiger partial charge on any atom is 0.295 e. The van der Waals surface area contributed by atoms with E-state index in [1.165, 1.54) is 63.5 Å². The first kappa shape index (κ1) is 37.7. The standard InChI is InChI=1S/C35H26N4O7S2.C6H13N/c1-46-31-17-9-8-16-25(31)37-27-19-29-26(21-33(27)48(43,44)45)38-35-24-15-10-18-32(47(40,41)42)34(24)28(36-22-11-4-2-5-12-22)20-30(35)39(29)23-13-6-3-7-14-23;7-6-4-2-1-3-5-6/h2-21H,1H3,(H3,36,37,40,41,42,43,44,45);6H,1-5,7H2. The number of methoxy groups -OCH3 is 1. The zero-order valence-corrected chi connectivity index (χ0v) is 31.5. The Bertz CT molecular complexity index is 2740. The lowest BCUT2D eigenvalue weighted by molar-refractivity contribution is -0.538. The summed E-state index contributed by atoms with van der Waals surface area (Å²) < 4.78 is 80.9. The van der Waals surface area contributed by atoms with Gasteiger partial charge in [0.15, 0.2) is 0 Å². The molecule has 6 aromatic carbocycles. The summed E-state index contributed by atoms with van der Waals surface area (Å²) in [5, 5.41) is 6.90. The third kappa shape index (κ3) is 8.09. The molecule has 55 heavy (non-hydrogen) atoms. The average Bonchev–Trinajstić information content (AvgIpc) is 3.17. The number of anilines is 4. The number of hydrogen-bond donors (Lipinski definition) is 4. The molecule has 0 spiro atoms. The van der Waals surface area contributed by atoms with Crippen molar-refractivity contribution in [3.05, 3.63) is 121 Å². The molecule has 1 aliphatic carbocycles. The Morgan fingerprint density at radius 1 is 0.745 bits per heavy atom. The zero-order chi connectivity index (χ0) is 38.7. The Labute approximate surface area is 319 Å². The van der Waals surface area contributed by atoms with E-state index in [4.69, 9.17) is 15.5 Å². The van der Waals surface area contributed by atoms with Gasteiger partial charge in [-0.15, -0.1) is 4.57 Å². The monoisotopic (exact) mass is 777 g/mol. The molecule has 5 N–H and O–H groups in total. The van der Waals surface area contributed by atoms with Crippen LogP contribution in [0.3, 0.4) is 0 Å². The number of benzene rings is 6. The van der Waals surface area contributed by atoms with E-state index in [1.54, 1.807) is 36.4 Å². The van der Waals surface area contributed by atoms with Gasteiger partial charge in [-0.05, 0) is 49.2 Å². The van der Waals surface area contributed by atoms with Crippen molar-refractivity contribution in [3.8, 4) is 11.4 Å². The van der Waals surface area contributed by atoms with Crippen molar-refractivity contribution >= 4 is 75.8 Å². The number of rotatable bonds is 8. The van der Waals surface area contributed by atoms with Crippen molar-refractivity contribution in [3.63, 3.8) is 0 Å². The maximum atomic E-state index is 12.7. The van der Waals surface area contributed by atoms with E-state index in [0.29, 0.717) is 56.5 Å². The van der Waals surface area contributed by atoms with Gasteiger partial charge in [0.05, 0.1) is 29.1 Å². The molecule has 12 nitrogen and oxygen atoms in total. The Kier molecular flexibility index (Phi) is 10.7. The second-order valence-electron chi connectivity index (χ2n) is 13.2. The van der Waals surface area contributed by atoms with Crippen LogP contribution in [-0.2, 0) is 20.2 Å². The van der Waals surface area contributed by atoms with Crippen LogP contribution in [0.2, 0.25) is 0 Å². The van der Waals surface area contributed by atoms with Crippen molar-refractivity contribution in [1.82, 2.24) is 4.98 Å². The van der Waals surface area contributed by atoms with E-state index in [2.05, 4.69) is 10.6 Å². The van der Waals surface area contributed by atoms with Crippen molar-refractivity contribution in [2.24, 2.45) is 5.73 Å². The van der Waals surface area contributed by atoms with Gasteiger partial charge < -0.3 is 25.7 Å². The molecule has 1 heterocycles. The van der Waals surface area contributed by atoms with Gasteiger partial charge in [0, 0.05) is 46.8 Å². The lowest BCUT2D eigenvalue weighted by Crippen LogP contribution is -2.33. The van der Waals surface area contributed by atoms with Crippen LogP contribution in [0.5, 0.6) is 5.75 Å². The fourth-order valence-corrected chi connectivity index (χ4v) is 8.33. The van der Waals surface area contributed by atoms with Crippen LogP contribution in [0.25, 0.3) is 38.5 Å². The van der Waals surface area contributed by atoms with Gasteiger partial charge >= 0.3 is 0 Å². The number of nitrogens with one attached hydrogen (secondary N) is 2. The topological polar surface area (TPSA) is 188 Å². The second kappa shape index (κ2) is 15.6. The third-order valence-electron chi connectivity index (χ3n) is 9.51. The first-order valence-electron chi connectivity index (χ1n) is 17.7. The van der Waals surface area contributed by atoms with E-state index in [1.807, 2.05) is 65.2 Å². The summed E-state index contributed by atoms with van der Waals surface area (Å²) >= 11 is 0. The van der Waals surface area contributed by atoms with Crippen LogP contribution in [-0.4, -0.2) is 44.1 Å². The lowest BCUT2D eigenvalue weighted by atomic mass is 9.97. The first-order chi connectivity index (χ1) is 26.4. The van der Waals surface area contributed by atoms with Gasteiger partial charge in [0.25, 0.3) is 10.1 Å². The Morgan fingerprint density at radius 3 is 2.04 bits per heavy atom. The highest BCUT2D eigenvalue weighted by Crippen LogP contribution is 2.39. The molecule has 1 fully saturated rings. The van der Waals surface area contributed by atoms with E-state index in [-0.39, 0.29) is 21.5 Å². The van der Waals surface area contributed by atoms with Crippen molar-refractivity contribution in [2.75, 3.05) is 17.7 Å². The molecule has 0 radical (unpaired) electrons. The molecule has 1 aromatic heterocycles. The molecular weight excluding hydrogens is 739 g/mol. The minimum absolute atomic E-state index is 0.00455. The molecule has 14 heteroatoms. The predicted octanol–water partition coefficient (Wildman–Crippen LogP) is 7.74. The molecule has 1 aliphatic rings. The summed E-state index contributed by atoms with van der Waals surface area (Å²) in [4.78, 5) is 3.95. The number of fused-ring (bicyclic) bond motifs is 4.